The second kappa shape index (κ2) is 5.67. The summed E-state index contributed by atoms with van der Waals surface area (Å²) in [5.41, 5.74) is 4.66. The molecule has 0 aliphatic carbocycles. The van der Waals surface area contributed by atoms with Gasteiger partial charge in [-0.15, -0.1) is 0 Å². The summed E-state index contributed by atoms with van der Waals surface area (Å²) in [6.45, 7) is 3.82. The van der Waals surface area contributed by atoms with E-state index < -0.39 is 29.7 Å². The van der Waals surface area contributed by atoms with Crippen LogP contribution in [0.25, 0.3) is 0 Å². The van der Waals surface area contributed by atoms with Crippen molar-refractivity contribution in [1.29, 1.82) is 0 Å². The van der Waals surface area contributed by atoms with Crippen molar-refractivity contribution in [2.24, 2.45) is 5.73 Å². The van der Waals surface area contributed by atoms with Crippen molar-refractivity contribution in [3.05, 3.63) is 35.1 Å². The molecule has 1 aromatic carbocycles. The number of halogens is 4. The van der Waals surface area contributed by atoms with Gasteiger partial charge in [0, 0.05) is 6.61 Å². The molecule has 2 nitrogen and oxygen atoms in total. The van der Waals surface area contributed by atoms with E-state index in [4.69, 9.17) is 10.5 Å². The van der Waals surface area contributed by atoms with E-state index in [2.05, 4.69) is 0 Å². The summed E-state index contributed by atoms with van der Waals surface area (Å²) in [7, 11) is 0. The molecule has 0 saturated carbocycles. The average Bonchev–Trinajstić information content (AvgIpc) is 2.27. The van der Waals surface area contributed by atoms with Gasteiger partial charge < -0.3 is 10.5 Å². The highest BCUT2D eigenvalue weighted by Crippen LogP contribution is 2.33. The van der Waals surface area contributed by atoms with Gasteiger partial charge in [0.15, 0.2) is 0 Å². The monoisotopic (exact) mass is 265 g/mol. The second-order valence-corrected chi connectivity index (χ2v) is 3.92. The SMILES string of the molecule is CCOC(C)C(N)c1ccc(F)c(C(F)(F)F)c1. The standard InChI is InChI=1S/C12H15F4NO/c1-3-18-7(2)11(17)8-4-5-10(13)9(6-8)12(14,15)16/h4-7,11H,3,17H2,1-2H3. The molecule has 0 heterocycles. The molecule has 1 rings (SSSR count). The van der Waals surface area contributed by atoms with Crippen LogP contribution in [0.2, 0.25) is 0 Å². The van der Waals surface area contributed by atoms with E-state index in [0.29, 0.717) is 6.61 Å². The molecule has 0 aliphatic rings. The molecule has 0 amide bonds. The van der Waals surface area contributed by atoms with Crippen LogP contribution < -0.4 is 5.73 Å². The topological polar surface area (TPSA) is 35.2 Å². The van der Waals surface area contributed by atoms with Crippen LogP contribution in [0.3, 0.4) is 0 Å². The Morgan fingerprint density at radius 2 is 1.94 bits per heavy atom. The van der Waals surface area contributed by atoms with E-state index in [0.717, 1.165) is 12.1 Å². The fraction of sp³-hybridized carbons (Fsp3) is 0.500. The summed E-state index contributed by atoms with van der Waals surface area (Å²) in [6.07, 6.45) is -5.17. The third-order valence-electron chi connectivity index (χ3n) is 2.62. The van der Waals surface area contributed by atoms with Crippen LogP contribution in [0.5, 0.6) is 0 Å². The molecule has 102 valence electrons. The quantitative estimate of drug-likeness (QED) is 0.848. The second-order valence-electron chi connectivity index (χ2n) is 3.92. The van der Waals surface area contributed by atoms with Crippen molar-refractivity contribution in [1.82, 2.24) is 0 Å². The molecule has 1 aromatic rings. The molecule has 0 spiro atoms. The Labute approximate surface area is 103 Å². The minimum absolute atomic E-state index is 0.199. The first-order valence-corrected chi connectivity index (χ1v) is 5.51. The number of ether oxygens (including phenoxy) is 1. The lowest BCUT2D eigenvalue weighted by Crippen LogP contribution is -2.26. The average molecular weight is 265 g/mol. The predicted octanol–water partition coefficient (Wildman–Crippen LogP) is 3.27. The fourth-order valence-corrected chi connectivity index (χ4v) is 1.61. The van der Waals surface area contributed by atoms with E-state index in [-0.39, 0.29) is 5.56 Å². The van der Waals surface area contributed by atoms with Gasteiger partial charge in [-0.3, -0.25) is 0 Å². The number of nitrogens with two attached hydrogens (primary N) is 1. The van der Waals surface area contributed by atoms with E-state index in [9.17, 15) is 17.6 Å². The Bertz CT molecular complexity index is 406. The zero-order valence-electron chi connectivity index (χ0n) is 10.1. The molecule has 0 saturated heterocycles. The summed E-state index contributed by atoms with van der Waals surface area (Å²) in [5.74, 6) is -1.30. The van der Waals surface area contributed by atoms with Gasteiger partial charge in [-0.1, -0.05) is 6.07 Å². The highest BCUT2D eigenvalue weighted by Gasteiger charge is 2.34. The van der Waals surface area contributed by atoms with Crippen molar-refractivity contribution < 1.29 is 22.3 Å². The lowest BCUT2D eigenvalue weighted by molar-refractivity contribution is -0.140. The maximum atomic E-state index is 13.1. The molecule has 2 unspecified atom stereocenters. The molecular formula is C12H15F4NO. The van der Waals surface area contributed by atoms with Gasteiger partial charge >= 0.3 is 6.18 Å². The largest absolute Gasteiger partial charge is 0.419 e. The molecule has 0 bridgehead atoms. The van der Waals surface area contributed by atoms with Crippen LogP contribution in [-0.4, -0.2) is 12.7 Å². The third-order valence-corrected chi connectivity index (χ3v) is 2.62. The fourth-order valence-electron chi connectivity index (χ4n) is 1.61. The normalized spacial score (nSPS) is 15.5. The van der Waals surface area contributed by atoms with Gasteiger partial charge in [-0.25, -0.2) is 4.39 Å². The number of hydrogen-bond donors (Lipinski definition) is 1. The lowest BCUT2D eigenvalue weighted by Gasteiger charge is -2.21. The number of benzene rings is 1. The van der Waals surface area contributed by atoms with E-state index in [1.807, 2.05) is 0 Å². The lowest BCUT2D eigenvalue weighted by atomic mass is 10.0. The van der Waals surface area contributed by atoms with Gasteiger partial charge in [0.05, 0.1) is 17.7 Å². The Morgan fingerprint density at radius 1 is 1.33 bits per heavy atom. The number of rotatable bonds is 4. The highest BCUT2D eigenvalue weighted by molar-refractivity contribution is 5.29. The van der Waals surface area contributed by atoms with Crippen LogP contribution in [-0.2, 0) is 10.9 Å². The Morgan fingerprint density at radius 3 is 2.44 bits per heavy atom. The molecular weight excluding hydrogens is 250 g/mol. The molecule has 2 atom stereocenters. The van der Waals surface area contributed by atoms with Gasteiger partial charge in [0.25, 0.3) is 0 Å². The van der Waals surface area contributed by atoms with Crippen LogP contribution in [0.1, 0.15) is 31.0 Å². The summed E-state index contributed by atoms with van der Waals surface area (Å²) in [5, 5.41) is 0. The van der Waals surface area contributed by atoms with E-state index in [1.54, 1.807) is 13.8 Å². The Hall–Kier alpha value is -1.14. The third kappa shape index (κ3) is 3.43. The minimum atomic E-state index is -4.73. The van der Waals surface area contributed by atoms with Crippen molar-refractivity contribution in [3.8, 4) is 0 Å². The predicted molar refractivity (Wildman–Crippen MR) is 59.4 cm³/mol. The van der Waals surface area contributed by atoms with Crippen molar-refractivity contribution in [3.63, 3.8) is 0 Å². The molecule has 0 fully saturated rings. The Balaban J connectivity index is 3.05. The zero-order chi connectivity index (χ0) is 13.9. The first-order valence-electron chi connectivity index (χ1n) is 5.51. The highest BCUT2D eigenvalue weighted by atomic mass is 19.4. The number of hydrogen-bond acceptors (Lipinski definition) is 2. The first kappa shape index (κ1) is 14.9. The minimum Gasteiger partial charge on any atom is -0.377 e. The molecule has 2 N–H and O–H groups in total. The maximum Gasteiger partial charge on any atom is 0.419 e. The molecule has 6 heteroatoms. The smallest absolute Gasteiger partial charge is 0.377 e. The van der Waals surface area contributed by atoms with Crippen LogP contribution in [0.15, 0.2) is 18.2 Å². The molecule has 0 aliphatic heterocycles. The number of alkyl halides is 3. The van der Waals surface area contributed by atoms with Gasteiger partial charge in [-0.05, 0) is 31.5 Å². The van der Waals surface area contributed by atoms with Gasteiger partial charge in [-0.2, -0.15) is 13.2 Å². The summed E-state index contributed by atoms with van der Waals surface area (Å²) < 4.78 is 55.9. The van der Waals surface area contributed by atoms with Crippen LogP contribution in [0, 0.1) is 5.82 Å². The van der Waals surface area contributed by atoms with E-state index >= 15 is 0 Å². The zero-order valence-corrected chi connectivity index (χ0v) is 10.1. The molecule has 0 radical (unpaired) electrons. The van der Waals surface area contributed by atoms with E-state index in [1.165, 1.54) is 6.07 Å². The Kier molecular flexibility index (Phi) is 4.70. The molecule has 0 aromatic heterocycles. The van der Waals surface area contributed by atoms with Crippen molar-refractivity contribution in [2.75, 3.05) is 6.61 Å². The van der Waals surface area contributed by atoms with Crippen LogP contribution in [0.4, 0.5) is 17.6 Å². The van der Waals surface area contributed by atoms with Gasteiger partial charge in [0.2, 0.25) is 0 Å². The summed E-state index contributed by atoms with van der Waals surface area (Å²) in [6, 6.07) is 2.02. The van der Waals surface area contributed by atoms with Crippen molar-refractivity contribution >= 4 is 0 Å². The van der Waals surface area contributed by atoms with Gasteiger partial charge in [0.1, 0.15) is 5.82 Å². The molecule has 18 heavy (non-hydrogen) atoms. The maximum absolute atomic E-state index is 13.1. The first-order chi connectivity index (χ1) is 8.27. The van der Waals surface area contributed by atoms with Crippen LogP contribution >= 0.6 is 0 Å². The van der Waals surface area contributed by atoms with Crippen molar-refractivity contribution in [2.45, 2.75) is 32.2 Å². The summed E-state index contributed by atoms with van der Waals surface area (Å²) in [4.78, 5) is 0. The summed E-state index contributed by atoms with van der Waals surface area (Å²) >= 11 is 0.